The molecule has 7 nitrogen and oxygen atoms in total. The Kier molecular flexibility index (Phi) is 5.07. The van der Waals surface area contributed by atoms with E-state index in [1.54, 1.807) is 25.0 Å². The van der Waals surface area contributed by atoms with E-state index in [-0.39, 0.29) is 18.1 Å². The van der Waals surface area contributed by atoms with Gasteiger partial charge in [-0.05, 0) is 6.42 Å². The third kappa shape index (κ3) is 5.39. The van der Waals surface area contributed by atoms with E-state index in [9.17, 15) is 13.2 Å². The van der Waals surface area contributed by atoms with Crippen molar-refractivity contribution >= 4 is 15.7 Å². The Labute approximate surface area is 113 Å². The molecule has 0 radical (unpaired) electrons. The number of hydrogen-bond acceptors (Lipinski definition) is 5. The summed E-state index contributed by atoms with van der Waals surface area (Å²) in [6, 6.07) is -0.795. The highest BCUT2D eigenvalue weighted by molar-refractivity contribution is 7.90. The maximum absolute atomic E-state index is 11.9. The van der Waals surface area contributed by atoms with Crippen LogP contribution in [0.25, 0.3) is 0 Å². The molecule has 19 heavy (non-hydrogen) atoms. The molecule has 108 valence electrons. The Morgan fingerprint density at radius 3 is 2.68 bits per heavy atom. The van der Waals surface area contributed by atoms with Crippen LogP contribution in [0.5, 0.6) is 0 Å². The van der Waals surface area contributed by atoms with Crippen LogP contribution in [-0.2, 0) is 28.2 Å². The molecule has 1 rings (SSSR count). The molecule has 1 aromatic rings. The molecule has 1 unspecified atom stereocenters. The molecule has 0 fully saturated rings. The van der Waals surface area contributed by atoms with Crippen LogP contribution >= 0.6 is 0 Å². The highest BCUT2D eigenvalue weighted by Gasteiger charge is 2.20. The Morgan fingerprint density at radius 1 is 1.58 bits per heavy atom. The van der Waals surface area contributed by atoms with E-state index in [2.05, 4.69) is 5.10 Å². The Morgan fingerprint density at radius 2 is 2.21 bits per heavy atom. The van der Waals surface area contributed by atoms with E-state index in [4.69, 9.17) is 5.73 Å². The van der Waals surface area contributed by atoms with Crippen LogP contribution in [0.2, 0.25) is 0 Å². The molecular formula is C11H20N4O3S. The van der Waals surface area contributed by atoms with Crippen molar-refractivity contribution in [2.24, 2.45) is 12.8 Å². The number of carbonyl (C=O) groups excluding carboxylic acids is 1. The molecule has 0 aromatic carbocycles. The first-order chi connectivity index (χ1) is 8.69. The van der Waals surface area contributed by atoms with E-state index in [1.165, 1.54) is 4.90 Å². The van der Waals surface area contributed by atoms with Gasteiger partial charge in [-0.1, -0.05) is 0 Å². The van der Waals surface area contributed by atoms with E-state index in [0.29, 0.717) is 6.54 Å². The molecule has 1 amide bonds. The zero-order valence-electron chi connectivity index (χ0n) is 11.4. The number of nitrogens with zero attached hydrogens (tertiary/aromatic N) is 3. The molecule has 0 saturated heterocycles. The van der Waals surface area contributed by atoms with Gasteiger partial charge in [0, 0.05) is 38.7 Å². The van der Waals surface area contributed by atoms with Gasteiger partial charge in [0.05, 0.1) is 18.0 Å². The summed E-state index contributed by atoms with van der Waals surface area (Å²) in [6.45, 7) is 0.402. The van der Waals surface area contributed by atoms with Crippen molar-refractivity contribution in [2.45, 2.75) is 19.0 Å². The molecule has 2 N–H and O–H groups in total. The molecule has 1 heterocycles. The van der Waals surface area contributed by atoms with Crippen LogP contribution in [-0.4, -0.2) is 54.1 Å². The van der Waals surface area contributed by atoms with Crippen molar-refractivity contribution in [3.63, 3.8) is 0 Å². The summed E-state index contributed by atoms with van der Waals surface area (Å²) < 4.78 is 23.7. The van der Waals surface area contributed by atoms with Gasteiger partial charge in [0.2, 0.25) is 5.91 Å². The maximum Gasteiger partial charge on any atom is 0.239 e. The second kappa shape index (κ2) is 6.16. The first-order valence-corrected chi connectivity index (χ1v) is 7.91. The number of nitrogens with two attached hydrogens (primary N) is 1. The van der Waals surface area contributed by atoms with Gasteiger partial charge in [-0.3, -0.25) is 9.48 Å². The molecular weight excluding hydrogens is 268 g/mol. The van der Waals surface area contributed by atoms with Gasteiger partial charge in [0.1, 0.15) is 9.84 Å². The fraction of sp³-hybridized carbons (Fsp3) is 0.636. The van der Waals surface area contributed by atoms with Crippen LogP contribution in [0.3, 0.4) is 0 Å². The minimum absolute atomic E-state index is 0.0827. The summed E-state index contributed by atoms with van der Waals surface area (Å²) in [4.78, 5) is 13.4. The minimum Gasteiger partial charge on any atom is -0.340 e. The topological polar surface area (TPSA) is 98.3 Å². The molecule has 0 aliphatic heterocycles. The number of aromatic nitrogens is 2. The summed E-state index contributed by atoms with van der Waals surface area (Å²) in [7, 11) is 0.331. The van der Waals surface area contributed by atoms with Crippen LogP contribution in [0.4, 0.5) is 0 Å². The number of amides is 1. The molecule has 0 spiro atoms. The lowest BCUT2D eigenvalue weighted by molar-refractivity contribution is -0.131. The number of hydrogen-bond donors (Lipinski definition) is 1. The second-order valence-corrected chi connectivity index (χ2v) is 7.00. The van der Waals surface area contributed by atoms with E-state index in [1.807, 2.05) is 6.20 Å². The monoisotopic (exact) mass is 288 g/mol. The number of aryl methyl sites for hydroxylation is 1. The summed E-state index contributed by atoms with van der Waals surface area (Å²) in [5.74, 6) is -0.354. The summed E-state index contributed by atoms with van der Waals surface area (Å²) in [5, 5.41) is 4.01. The Balaban J connectivity index is 2.52. The first kappa shape index (κ1) is 15.6. The quantitative estimate of drug-likeness (QED) is 0.734. The van der Waals surface area contributed by atoms with Gasteiger partial charge in [-0.25, -0.2) is 8.42 Å². The van der Waals surface area contributed by atoms with Gasteiger partial charge in [0.25, 0.3) is 0 Å². The fourth-order valence-corrected chi connectivity index (χ4v) is 2.33. The van der Waals surface area contributed by atoms with Crippen molar-refractivity contribution < 1.29 is 13.2 Å². The second-order valence-electron chi connectivity index (χ2n) is 4.74. The molecule has 0 aliphatic rings. The fourth-order valence-electron chi connectivity index (χ4n) is 1.65. The van der Waals surface area contributed by atoms with Gasteiger partial charge in [-0.15, -0.1) is 0 Å². The summed E-state index contributed by atoms with van der Waals surface area (Å²) in [6.07, 6.45) is 4.75. The normalized spacial score (nSPS) is 13.3. The average molecular weight is 288 g/mol. The van der Waals surface area contributed by atoms with Gasteiger partial charge in [-0.2, -0.15) is 5.10 Å². The number of likely N-dealkylation sites (N-methyl/N-ethyl adjacent to an activating group) is 1. The van der Waals surface area contributed by atoms with Crippen molar-refractivity contribution in [1.82, 2.24) is 14.7 Å². The Hall–Kier alpha value is -1.41. The molecule has 0 bridgehead atoms. The van der Waals surface area contributed by atoms with Gasteiger partial charge in [0.15, 0.2) is 0 Å². The summed E-state index contributed by atoms with van der Waals surface area (Å²) in [5.41, 5.74) is 6.60. The van der Waals surface area contributed by atoms with Crippen LogP contribution < -0.4 is 5.73 Å². The number of rotatable bonds is 6. The molecule has 0 saturated carbocycles. The van der Waals surface area contributed by atoms with Crippen LogP contribution in [0.1, 0.15) is 12.0 Å². The molecule has 0 aliphatic carbocycles. The SMILES string of the molecule is CN(Cc1cnn(C)c1)C(=O)C(N)CCS(C)(=O)=O. The van der Waals surface area contributed by atoms with Crippen molar-refractivity contribution in [2.75, 3.05) is 19.1 Å². The predicted octanol–water partition coefficient (Wildman–Crippen LogP) is -0.859. The van der Waals surface area contributed by atoms with Gasteiger partial charge < -0.3 is 10.6 Å². The maximum atomic E-state index is 11.9. The first-order valence-electron chi connectivity index (χ1n) is 5.85. The third-order valence-corrected chi connectivity index (χ3v) is 3.65. The van der Waals surface area contributed by atoms with Crippen LogP contribution in [0, 0.1) is 0 Å². The number of carbonyl (C=O) groups is 1. The van der Waals surface area contributed by atoms with Crippen molar-refractivity contribution in [1.29, 1.82) is 0 Å². The molecule has 8 heteroatoms. The van der Waals surface area contributed by atoms with Crippen LogP contribution in [0.15, 0.2) is 12.4 Å². The lowest BCUT2D eigenvalue weighted by Crippen LogP contribution is -2.42. The van der Waals surface area contributed by atoms with Crippen molar-refractivity contribution in [3.05, 3.63) is 18.0 Å². The highest BCUT2D eigenvalue weighted by Crippen LogP contribution is 2.04. The number of sulfone groups is 1. The zero-order chi connectivity index (χ0) is 14.6. The third-order valence-electron chi connectivity index (χ3n) is 2.67. The van der Waals surface area contributed by atoms with E-state index in [0.717, 1.165) is 11.8 Å². The van der Waals surface area contributed by atoms with Gasteiger partial charge >= 0.3 is 0 Å². The van der Waals surface area contributed by atoms with Crippen molar-refractivity contribution in [3.8, 4) is 0 Å². The highest BCUT2D eigenvalue weighted by atomic mass is 32.2. The zero-order valence-corrected chi connectivity index (χ0v) is 12.2. The summed E-state index contributed by atoms with van der Waals surface area (Å²) >= 11 is 0. The minimum atomic E-state index is -3.10. The predicted molar refractivity (Wildman–Crippen MR) is 72.0 cm³/mol. The molecule has 1 atom stereocenters. The smallest absolute Gasteiger partial charge is 0.239 e. The average Bonchev–Trinajstić information content (AvgIpc) is 2.69. The Bertz CT molecular complexity index is 538. The lowest BCUT2D eigenvalue weighted by atomic mass is 10.2. The van der Waals surface area contributed by atoms with E-state index < -0.39 is 15.9 Å². The standard InChI is InChI=1S/C11H20N4O3S/c1-14(7-9-6-13-15(2)8-9)11(16)10(12)4-5-19(3,17)18/h6,8,10H,4-5,7,12H2,1-3H3. The largest absolute Gasteiger partial charge is 0.340 e. The lowest BCUT2D eigenvalue weighted by Gasteiger charge is -2.20. The molecule has 1 aromatic heterocycles. The van der Waals surface area contributed by atoms with E-state index >= 15 is 0 Å².